The Morgan fingerprint density at radius 3 is 2.52 bits per heavy atom. The van der Waals surface area contributed by atoms with Crippen LogP contribution in [0.25, 0.3) is 17.4 Å². The molecule has 2 aromatic carbocycles. The molecule has 1 aliphatic heterocycles. The lowest BCUT2D eigenvalue weighted by atomic mass is 10.2. The van der Waals surface area contributed by atoms with Crippen LogP contribution in [0.5, 0.6) is 0 Å². The molecule has 0 N–H and O–H groups in total. The highest BCUT2D eigenvalue weighted by Gasteiger charge is 2.35. The van der Waals surface area contributed by atoms with Crippen LogP contribution in [0.15, 0.2) is 63.9 Å². The fourth-order valence-corrected chi connectivity index (χ4v) is 4.48. The summed E-state index contributed by atoms with van der Waals surface area (Å²) in [6.07, 6.45) is 1.58. The third-order valence-electron chi connectivity index (χ3n) is 4.22. The Bertz CT molecular complexity index is 1140. The zero-order valence-corrected chi connectivity index (χ0v) is 19.2. The van der Waals surface area contributed by atoms with Gasteiger partial charge in [0.1, 0.15) is 11.5 Å². The molecule has 0 spiro atoms. The number of carbonyl (C=O) groups is 2. The Kier molecular flexibility index (Phi) is 6.06. The molecule has 3 aromatic rings. The molecular weight excluding hydrogens is 544 g/mol. The van der Waals surface area contributed by atoms with Crippen molar-refractivity contribution in [3.8, 4) is 11.3 Å². The van der Waals surface area contributed by atoms with Gasteiger partial charge in [0.2, 0.25) is 0 Å². The number of furan rings is 1. The predicted molar refractivity (Wildman–Crippen MR) is 125 cm³/mol. The Hall–Kier alpha value is -1.74. The zero-order valence-electron chi connectivity index (χ0n) is 14.7. The number of halogens is 3. The van der Waals surface area contributed by atoms with Crippen LogP contribution in [0.4, 0.5) is 4.79 Å². The van der Waals surface area contributed by atoms with Crippen molar-refractivity contribution >= 4 is 74.8 Å². The highest BCUT2D eigenvalue weighted by Crippen LogP contribution is 2.35. The van der Waals surface area contributed by atoms with Crippen LogP contribution in [0.2, 0.25) is 10.0 Å². The van der Waals surface area contributed by atoms with Gasteiger partial charge < -0.3 is 4.42 Å². The van der Waals surface area contributed by atoms with Crippen molar-refractivity contribution in [2.45, 2.75) is 6.54 Å². The molecule has 0 saturated carbocycles. The van der Waals surface area contributed by atoms with Gasteiger partial charge >= 0.3 is 0 Å². The molecule has 2 heterocycles. The summed E-state index contributed by atoms with van der Waals surface area (Å²) >= 11 is 15.3. The smallest absolute Gasteiger partial charge is 0.293 e. The molecule has 0 aliphatic carbocycles. The summed E-state index contributed by atoms with van der Waals surface area (Å²) in [5.74, 6) is 0.683. The molecular formula is C21H12Cl2INO3S. The molecule has 0 unspecified atom stereocenters. The van der Waals surface area contributed by atoms with Gasteiger partial charge in [0.15, 0.2) is 0 Å². The minimum absolute atomic E-state index is 0.239. The summed E-state index contributed by atoms with van der Waals surface area (Å²) in [5, 5.41) is 0.705. The first-order valence-corrected chi connectivity index (χ1v) is 11.1. The molecule has 0 bridgehead atoms. The van der Waals surface area contributed by atoms with Crippen LogP contribution in [0.1, 0.15) is 11.3 Å². The number of carbonyl (C=O) groups excluding carboxylic acids is 2. The van der Waals surface area contributed by atoms with E-state index in [0.29, 0.717) is 32.0 Å². The number of hydrogen-bond acceptors (Lipinski definition) is 4. The maximum Gasteiger partial charge on any atom is 0.293 e. The third kappa shape index (κ3) is 4.55. The zero-order chi connectivity index (χ0) is 20.5. The van der Waals surface area contributed by atoms with Crippen LogP contribution in [-0.2, 0) is 11.3 Å². The van der Waals surface area contributed by atoms with Crippen molar-refractivity contribution < 1.29 is 14.0 Å². The molecule has 0 atom stereocenters. The first kappa shape index (κ1) is 20.5. The molecule has 4 rings (SSSR count). The number of amides is 2. The molecule has 1 fully saturated rings. The molecule has 1 aliphatic rings. The van der Waals surface area contributed by atoms with E-state index in [1.807, 2.05) is 24.3 Å². The summed E-state index contributed by atoms with van der Waals surface area (Å²) in [6, 6.07) is 16.3. The van der Waals surface area contributed by atoms with Gasteiger partial charge in [-0.1, -0.05) is 35.3 Å². The summed E-state index contributed by atoms with van der Waals surface area (Å²) in [5.41, 5.74) is 1.59. The van der Waals surface area contributed by atoms with E-state index in [4.69, 9.17) is 27.6 Å². The Labute approximate surface area is 195 Å². The van der Waals surface area contributed by atoms with Gasteiger partial charge in [-0.2, -0.15) is 0 Å². The second kappa shape index (κ2) is 8.55. The number of nitrogens with zero attached hydrogens (tertiary/aromatic N) is 1. The summed E-state index contributed by atoms with van der Waals surface area (Å²) < 4.78 is 6.89. The van der Waals surface area contributed by atoms with Crippen LogP contribution in [0.3, 0.4) is 0 Å². The fraction of sp³-hybridized carbons (Fsp3) is 0.0476. The van der Waals surface area contributed by atoms with E-state index in [0.717, 1.165) is 20.9 Å². The van der Waals surface area contributed by atoms with Crippen LogP contribution < -0.4 is 0 Å². The van der Waals surface area contributed by atoms with Gasteiger partial charge in [-0.15, -0.1) is 0 Å². The molecule has 4 nitrogen and oxygen atoms in total. The molecule has 8 heteroatoms. The second-order valence-electron chi connectivity index (χ2n) is 6.22. The quantitative estimate of drug-likeness (QED) is 0.254. The highest BCUT2D eigenvalue weighted by atomic mass is 127. The molecule has 1 aromatic heterocycles. The van der Waals surface area contributed by atoms with E-state index >= 15 is 0 Å². The minimum atomic E-state index is -0.332. The molecule has 0 radical (unpaired) electrons. The number of rotatable bonds is 4. The van der Waals surface area contributed by atoms with E-state index in [2.05, 4.69) is 22.6 Å². The Morgan fingerprint density at radius 2 is 1.79 bits per heavy atom. The standard InChI is InChI=1S/C21H12Cl2INO3S/c22-13-3-7-16(17(23)9-13)18-8-6-15(28-18)10-19-20(26)25(21(27)29-19)11-12-1-4-14(24)5-2-12/h1-10H,11H2/b19-10+. The predicted octanol–water partition coefficient (Wildman–Crippen LogP) is 7.09. The lowest BCUT2D eigenvalue weighted by Gasteiger charge is -2.12. The first-order valence-electron chi connectivity index (χ1n) is 8.46. The van der Waals surface area contributed by atoms with Gasteiger partial charge in [0, 0.05) is 20.2 Å². The van der Waals surface area contributed by atoms with E-state index in [-0.39, 0.29) is 17.7 Å². The second-order valence-corrected chi connectivity index (χ2v) is 9.30. The van der Waals surface area contributed by atoms with Crippen molar-refractivity contribution in [2.75, 3.05) is 0 Å². The summed E-state index contributed by atoms with van der Waals surface area (Å²) in [7, 11) is 0. The first-order chi connectivity index (χ1) is 13.9. The summed E-state index contributed by atoms with van der Waals surface area (Å²) in [4.78, 5) is 26.6. The van der Waals surface area contributed by atoms with Gasteiger partial charge in [0.05, 0.1) is 16.5 Å². The monoisotopic (exact) mass is 555 g/mol. The van der Waals surface area contributed by atoms with Crippen LogP contribution in [0, 0.1) is 3.57 Å². The highest BCUT2D eigenvalue weighted by molar-refractivity contribution is 14.1. The van der Waals surface area contributed by atoms with Crippen molar-refractivity contribution in [2.24, 2.45) is 0 Å². The van der Waals surface area contributed by atoms with E-state index in [1.165, 1.54) is 4.90 Å². The normalized spacial score (nSPS) is 15.6. The fourth-order valence-electron chi connectivity index (χ4n) is 2.80. The Balaban J connectivity index is 1.54. The minimum Gasteiger partial charge on any atom is -0.457 e. The molecule has 2 amide bonds. The van der Waals surface area contributed by atoms with Crippen LogP contribution in [-0.4, -0.2) is 16.0 Å². The van der Waals surface area contributed by atoms with Gasteiger partial charge in [-0.05, 0) is 82.4 Å². The van der Waals surface area contributed by atoms with E-state index in [9.17, 15) is 9.59 Å². The van der Waals surface area contributed by atoms with E-state index < -0.39 is 0 Å². The maximum atomic E-state index is 12.7. The third-order valence-corrected chi connectivity index (χ3v) is 6.40. The number of imide groups is 1. The number of hydrogen-bond donors (Lipinski definition) is 0. The SMILES string of the molecule is O=C1S/C(=C/c2ccc(-c3ccc(Cl)cc3Cl)o2)C(=O)N1Cc1ccc(I)cc1. The molecule has 1 saturated heterocycles. The van der Waals surface area contributed by atoms with Gasteiger partial charge in [-0.25, -0.2) is 0 Å². The van der Waals surface area contributed by atoms with Crippen molar-refractivity contribution in [1.29, 1.82) is 0 Å². The lowest BCUT2D eigenvalue weighted by molar-refractivity contribution is -0.123. The van der Waals surface area contributed by atoms with Gasteiger partial charge in [0.25, 0.3) is 11.1 Å². The topological polar surface area (TPSA) is 50.5 Å². The van der Waals surface area contributed by atoms with Crippen molar-refractivity contribution in [3.63, 3.8) is 0 Å². The van der Waals surface area contributed by atoms with Crippen LogP contribution >= 0.6 is 57.6 Å². The average Bonchev–Trinajstić information content (AvgIpc) is 3.24. The van der Waals surface area contributed by atoms with Gasteiger partial charge in [-0.3, -0.25) is 14.5 Å². The molecule has 29 heavy (non-hydrogen) atoms. The lowest BCUT2D eigenvalue weighted by Crippen LogP contribution is -2.27. The van der Waals surface area contributed by atoms with E-state index in [1.54, 1.807) is 36.4 Å². The van der Waals surface area contributed by atoms with Crippen molar-refractivity contribution in [1.82, 2.24) is 4.90 Å². The maximum absolute atomic E-state index is 12.7. The Morgan fingerprint density at radius 1 is 1.03 bits per heavy atom. The average molecular weight is 556 g/mol. The number of thioether (sulfide) groups is 1. The summed E-state index contributed by atoms with van der Waals surface area (Å²) in [6.45, 7) is 0.239. The molecule has 146 valence electrons. The largest absolute Gasteiger partial charge is 0.457 e. The van der Waals surface area contributed by atoms with Crippen molar-refractivity contribution in [3.05, 3.63) is 84.4 Å². The number of benzene rings is 2.